The van der Waals surface area contributed by atoms with Gasteiger partial charge in [0.05, 0.1) is 22.1 Å². The number of hydrogen-bond acceptors (Lipinski definition) is 1. The fourth-order valence-electron chi connectivity index (χ4n) is 9.62. The Morgan fingerprint density at radius 2 is 0.762 bits per heavy atom. The van der Waals surface area contributed by atoms with Gasteiger partial charge in [-0.3, -0.25) is 0 Å². The molecule has 0 aliphatic carbocycles. The van der Waals surface area contributed by atoms with Gasteiger partial charge in [-0.25, -0.2) is 0 Å². The molecule has 63 heavy (non-hydrogen) atoms. The van der Waals surface area contributed by atoms with E-state index in [-0.39, 0.29) is 0 Å². The average Bonchev–Trinajstić information content (AvgIpc) is 3.88. The number of para-hydroxylation sites is 3. The first-order valence-corrected chi connectivity index (χ1v) is 21.6. The van der Waals surface area contributed by atoms with Gasteiger partial charge >= 0.3 is 0 Å². The maximum atomic E-state index is 2.42. The largest absolute Gasteiger partial charge is 0.310 e. The van der Waals surface area contributed by atoms with Crippen LogP contribution in [-0.2, 0) is 0 Å². The molecule has 12 aromatic rings. The van der Waals surface area contributed by atoms with Gasteiger partial charge in [0.2, 0.25) is 0 Å². The van der Waals surface area contributed by atoms with E-state index in [1.165, 1.54) is 71.5 Å². The van der Waals surface area contributed by atoms with Gasteiger partial charge in [-0.1, -0.05) is 164 Å². The molecule has 0 fully saturated rings. The Hall–Kier alpha value is -8.40. The van der Waals surface area contributed by atoms with Crippen molar-refractivity contribution >= 4 is 60.7 Å². The van der Waals surface area contributed by atoms with E-state index in [9.17, 15) is 0 Å². The maximum Gasteiger partial charge on any atom is 0.0562 e. The van der Waals surface area contributed by atoms with Crippen molar-refractivity contribution in [2.24, 2.45) is 0 Å². The molecule has 296 valence electrons. The summed E-state index contributed by atoms with van der Waals surface area (Å²) in [5.41, 5.74) is 17.4. The Morgan fingerprint density at radius 3 is 1.49 bits per heavy atom. The summed E-state index contributed by atoms with van der Waals surface area (Å²) in [5.74, 6) is 0. The lowest BCUT2D eigenvalue weighted by atomic mass is 9.99. The van der Waals surface area contributed by atoms with Crippen LogP contribution in [0.25, 0.3) is 88.4 Å². The average molecular weight is 804 g/mol. The quantitative estimate of drug-likeness (QED) is 0.149. The number of hydrogen-bond donors (Lipinski definition) is 0. The molecular weight excluding hydrogens is 763 g/mol. The van der Waals surface area contributed by atoms with Gasteiger partial charge in [0.25, 0.3) is 0 Å². The number of rotatable bonds is 8. The maximum absolute atomic E-state index is 2.42. The molecule has 0 atom stereocenters. The van der Waals surface area contributed by atoms with E-state index in [1.54, 1.807) is 0 Å². The lowest BCUT2D eigenvalue weighted by molar-refractivity contribution is 1.18. The van der Waals surface area contributed by atoms with Crippen LogP contribution in [0.15, 0.2) is 249 Å². The van der Waals surface area contributed by atoms with Crippen LogP contribution in [0.5, 0.6) is 0 Å². The van der Waals surface area contributed by atoms with Crippen molar-refractivity contribution in [2.45, 2.75) is 0 Å². The Bertz CT molecular complexity index is 3590. The molecule has 0 bridgehead atoms. The summed E-state index contributed by atoms with van der Waals surface area (Å²) in [4.78, 5) is 2.40. The van der Waals surface area contributed by atoms with Gasteiger partial charge in [-0.15, -0.1) is 0 Å². The highest BCUT2D eigenvalue weighted by Crippen LogP contribution is 2.44. The van der Waals surface area contributed by atoms with Gasteiger partial charge in [-0.2, -0.15) is 0 Å². The zero-order chi connectivity index (χ0) is 41.7. The predicted molar refractivity (Wildman–Crippen MR) is 266 cm³/mol. The summed E-state index contributed by atoms with van der Waals surface area (Å²) in [6.07, 6.45) is 0. The van der Waals surface area contributed by atoms with Gasteiger partial charge in [-0.05, 0) is 118 Å². The molecule has 0 N–H and O–H groups in total. The van der Waals surface area contributed by atoms with E-state index in [2.05, 4.69) is 263 Å². The predicted octanol–water partition coefficient (Wildman–Crippen LogP) is 16.4. The van der Waals surface area contributed by atoms with Crippen molar-refractivity contribution in [1.29, 1.82) is 0 Å². The van der Waals surface area contributed by atoms with E-state index in [0.29, 0.717) is 0 Å². The summed E-state index contributed by atoms with van der Waals surface area (Å²) in [6.45, 7) is 0. The van der Waals surface area contributed by atoms with Crippen LogP contribution < -0.4 is 4.90 Å². The molecule has 0 aliphatic rings. The van der Waals surface area contributed by atoms with Crippen LogP contribution >= 0.6 is 0 Å². The third-order valence-corrected chi connectivity index (χ3v) is 12.5. The number of nitrogens with zero attached hydrogens (tertiary/aromatic N) is 3. The molecule has 2 heterocycles. The molecule has 3 nitrogen and oxygen atoms in total. The SMILES string of the molecule is c1ccc(-c2cccc(N(c3ccc(-c4ccc5c(c4)c4ccccc4n5-c4ccccc4)cc3)c3ccc4c5c(-c6ccccc6)cccc5n(-c5ccccc5)c4c3)c2)cc1. The van der Waals surface area contributed by atoms with Crippen molar-refractivity contribution < 1.29 is 0 Å². The van der Waals surface area contributed by atoms with Crippen LogP contribution in [0.2, 0.25) is 0 Å². The summed E-state index contributed by atoms with van der Waals surface area (Å²) < 4.78 is 4.79. The Balaban J connectivity index is 1.03. The van der Waals surface area contributed by atoms with Crippen LogP contribution in [0.4, 0.5) is 17.1 Å². The van der Waals surface area contributed by atoms with E-state index in [4.69, 9.17) is 0 Å². The zero-order valence-electron chi connectivity index (χ0n) is 34.5. The van der Waals surface area contributed by atoms with Crippen molar-refractivity contribution in [3.8, 4) is 44.8 Å². The van der Waals surface area contributed by atoms with Crippen LogP contribution in [0, 0.1) is 0 Å². The molecule has 0 spiro atoms. The van der Waals surface area contributed by atoms with Crippen LogP contribution in [0.3, 0.4) is 0 Å². The molecule has 0 amide bonds. The number of anilines is 3. The highest BCUT2D eigenvalue weighted by Gasteiger charge is 2.21. The Kier molecular flexibility index (Phi) is 8.83. The lowest BCUT2D eigenvalue weighted by Crippen LogP contribution is -2.10. The molecular formula is C60H41N3. The lowest BCUT2D eigenvalue weighted by Gasteiger charge is -2.26. The molecule has 3 heteroatoms. The third kappa shape index (κ3) is 6.29. The second kappa shape index (κ2) is 15.3. The fraction of sp³-hybridized carbons (Fsp3) is 0. The molecule has 0 unspecified atom stereocenters. The normalized spacial score (nSPS) is 11.5. The molecule has 12 rings (SSSR count). The summed E-state index contributed by atoms with van der Waals surface area (Å²) in [7, 11) is 0. The van der Waals surface area contributed by atoms with E-state index in [0.717, 1.165) is 34.0 Å². The van der Waals surface area contributed by atoms with Crippen molar-refractivity contribution in [1.82, 2.24) is 9.13 Å². The second-order valence-electron chi connectivity index (χ2n) is 16.2. The summed E-state index contributed by atoms with van der Waals surface area (Å²) in [6, 6.07) is 90.1. The molecule has 10 aromatic carbocycles. The second-order valence-corrected chi connectivity index (χ2v) is 16.2. The van der Waals surface area contributed by atoms with E-state index >= 15 is 0 Å². The summed E-state index contributed by atoms with van der Waals surface area (Å²) in [5, 5.41) is 4.96. The zero-order valence-corrected chi connectivity index (χ0v) is 34.5. The van der Waals surface area contributed by atoms with Gasteiger partial charge in [0, 0.05) is 50.0 Å². The summed E-state index contributed by atoms with van der Waals surface area (Å²) >= 11 is 0. The molecule has 2 aromatic heterocycles. The van der Waals surface area contributed by atoms with Gasteiger partial charge in [0.15, 0.2) is 0 Å². The van der Waals surface area contributed by atoms with Crippen LogP contribution in [-0.4, -0.2) is 9.13 Å². The number of fused-ring (bicyclic) bond motifs is 6. The third-order valence-electron chi connectivity index (χ3n) is 12.5. The molecule has 0 saturated heterocycles. The minimum absolute atomic E-state index is 1.08. The smallest absolute Gasteiger partial charge is 0.0562 e. The highest BCUT2D eigenvalue weighted by molar-refractivity contribution is 6.16. The van der Waals surface area contributed by atoms with Gasteiger partial charge < -0.3 is 14.0 Å². The Morgan fingerprint density at radius 1 is 0.254 bits per heavy atom. The first-order valence-electron chi connectivity index (χ1n) is 21.6. The van der Waals surface area contributed by atoms with Gasteiger partial charge in [0.1, 0.15) is 0 Å². The standard InChI is InChI=1S/C60H41N3/c1-5-17-42(18-6-1)45-21-15-26-50(39-45)61(49-34-31-43(32-35-49)46-33-38-57-55(40-46)53-27-13-14-29-56(53)62(57)47-22-9-3-10-23-47)51-36-37-54-59(41-51)63(48-24-11-4-12-25-48)58-30-16-28-52(60(54)58)44-19-7-2-8-20-44/h1-41H. The number of benzene rings is 10. The first kappa shape index (κ1) is 36.5. The molecule has 0 aliphatic heterocycles. The fourth-order valence-corrected chi connectivity index (χ4v) is 9.62. The molecule has 0 radical (unpaired) electrons. The van der Waals surface area contributed by atoms with E-state index in [1.807, 2.05) is 0 Å². The highest BCUT2D eigenvalue weighted by atomic mass is 15.1. The monoisotopic (exact) mass is 803 g/mol. The number of aromatic nitrogens is 2. The van der Waals surface area contributed by atoms with E-state index < -0.39 is 0 Å². The van der Waals surface area contributed by atoms with Crippen LogP contribution in [0.1, 0.15) is 0 Å². The molecule has 0 saturated carbocycles. The van der Waals surface area contributed by atoms with Crippen molar-refractivity contribution in [3.63, 3.8) is 0 Å². The van der Waals surface area contributed by atoms with Crippen molar-refractivity contribution in [2.75, 3.05) is 4.90 Å². The Labute approximate surface area is 366 Å². The first-order chi connectivity index (χ1) is 31.3. The van der Waals surface area contributed by atoms with Crippen molar-refractivity contribution in [3.05, 3.63) is 249 Å². The minimum atomic E-state index is 1.08. The topological polar surface area (TPSA) is 13.1 Å². The minimum Gasteiger partial charge on any atom is -0.310 e.